The van der Waals surface area contributed by atoms with Crippen LogP contribution in [0.25, 0.3) is 17.0 Å². The SMILES string of the molecule is C=Cc1cc2[o+]cc(O)cc2c(C)c1O. The molecule has 1 aromatic heterocycles. The first-order valence-electron chi connectivity index (χ1n) is 4.53. The summed E-state index contributed by atoms with van der Waals surface area (Å²) in [5.74, 6) is 0.203. The molecule has 76 valence electrons. The molecule has 3 heteroatoms. The van der Waals surface area contributed by atoms with Crippen molar-refractivity contribution in [2.45, 2.75) is 6.92 Å². The van der Waals surface area contributed by atoms with Crippen LogP contribution in [0.3, 0.4) is 0 Å². The van der Waals surface area contributed by atoms with Gasteiger partial charge in [-0.05, 0) is 6.92 Å². The molecule has 0 radical (unpaired) electrons. The van der Waals surface area contributed by atoms with E-state index in [4.69, 9.17) is 4.42 Å². The van der Waals surface area contributed by atoms with Crippen LogP contribution in [-0.4, -0.2) is 10.2 Å². The molecule has 0 bridgehead atoms. The molecule has 0 saturated carbocycles. The van der Waals surface area contributed by atoms with Gasteiger partial charge in [0.05, 0.1) is 11.5 Å². The predicted octanol–water partition coefficient (Wildman–Crippen LogP) is 3.08. The van der Waals surface area contributed by atoms with Gasteiger partial charge in [-0.1, -0.05) is 12.7 Å². The highest BCUT2D eigenvalue weighted by molar-refractivity contribution is 5.87. The first-order chi connectivity index (χ1) is 7.13. The van der Waals surface area contributed by atoms with Crippen molar-refractivity contribution >= 4 is 17.0 Å². The number of phenols is 1. The van der Waals surface area contributed by atoms with Crippen LogP contribution in [0.4, 0.5) is 0 Å². The van der Waals surface area contributed by atoms with Gasteiger partial charge in [0.2, 0.25) is 5.75 Å². The van der Waals surface area contributed by atoms with E-state index in [0.717, 1.165) is 0 Å². The standard InChI is InChI=1S/C12H10O3/c1-3-8-4-11-10(7(2)12(8)14)5-9(13)6-15-11/h3-6H,1H2,2H3,(H-,13,14)/p+1. The lowest BCUT2D eigenvalue weighted by molar-refractivity contribution is 0.446. The fraction of sp³-hybridized carbons (Fsp3) is 0.0833. The summed E-state index contributed by atoms with van der Waals surface area (Å²) in [6.07, 6.45) is 2.82. The average molecular weight is 203 g/mol. The van der Waals surface area contributed by atoms with Crippen molar-refractivity contribution in [3.63, 3.8) is 0 Å². The van der Waals surface area contributed by atoms with Crippen molar-refractivity contribution in [2.24, 2.45) is 0 Å². The molecule has 0 fully saturated rings. The Morgan fingerprint density at radius 3 is 2.73 bits per heavy atom. The molecule has 15 heavy (non-hydrogen) atoms. The number of aromatic hydroxyl groups is 2. The first kappa shape index (κ1) is 9.52. The fourth-order valence-corrected chi connectivity index (χ4v) is 1.55. The highest BCUT2D eigenvalue weighted by Gasteiger charge is 2.15. The van der Waals surface area contributed by atoms with Gasteiger partial charge in [0, 0.05) is 17.2 Å². The molecule has 1 heterocycles. The van der Waals surface area contributed by atoms with Crippen molar-refractivity contribution in [1.29, 1.82) is 0 Å². The van der Waals surface area contributed by atoms with E-state index in [9.17, 15) is 10.2 Å². The topological polar surface area (TPSA) is 51.8 Å². The second-order valence-corrected chi connectivity index (χ2v) is 3.36. The highest BCUT2D eigenvalue weighted by Crippen LogP contribution is 2.32. The number of phenolic OH excluding ortho intramolecular Hbond substituents is 1. The Hall–Kier alpha value is -2.03. The third-order valence-corrected chi connectivity index (χ3v) is 2.40. The lowest BCUT2D eigenvalue weighted by Gasteiger charge is -2.02. The fourth-order valence-electron chi connectivity index (χ4n) is 1.55. The molecular formula is C12H11O3+. The summed E-state index contributed by atoms with van der Waals surface area (Å²) in [4.78, 5) is 0. The van der Waals surface area contributed by atoms with Gasteiger partial charge < -0.3 is 10.2 Å². The minimum atomic E-state index is 0.0383. The van der Waals surface area contributed by atoms with E-state index in [1.807, 2.05) is 0 Å². The maximum Gasteiger partial charge on any atom is 0.361 e. The van der Waals surface area contributed by atoms with Crippen molar-refractivity contribution in [2.75, 3.05) is 0 Å². The number of hydrogen-bond donors (Lipinski definition) is 2. The Balaban J connectivity index is 2.90. The molecular weight excluding hydrogens is 192 g/mol. The second kappa shape index (κ2) is 3.28. The summed E-state index contributed by atoms with van der Waals surface area (Å²) in [6.45, 7) is 5.37. The van der Waals surface area contributed by atoms with Gasteiger partial charge in [0.25, 0.3) is 0 Å². The van der Waals surface area contributed by atoms with Crippen LogP contribution < -0.4 is 0 Å². The Bertz CT molecular complexity index is 544. The van der Waals surface area contributed by atoms with Crippen LogP contribution in [0, 0.1) is 6.92 Å². The lowest BCUT2D eigenvalue weighted by Crippen LogP contribution is -1.84. The van der Waals surface area contributed by atoms with Gasteiger partial charge in [-0.15, -0.1) is 0 Å². The van der Waals surface area contributed by atoms with E-state index in [1.54, 1.807) is 25.1 Å². The number of rotatable bonds is 1. The van der Waals surface area contributed by atoms with Gasteiger partial charge in [0.15, 0.2) is 0 Å². The zero-order valence-electron chi connectivity index (χ0n) is 8.32. The van der Waals surface area contributed by atoms with Crippen LogP contribution in [-0.2, 0) is 0 Å². The Morgan fingerprint density at radius 1 is 1.33 bits per heavy atom. The quantitative estimate of drug-likeness (QED) is 0.700. The molecule has 2 rings (SSSR count). The number of aryl methyl sites for hydroxylation is 1. The summed E-state index contributed by atoms with van der Waals surface area (Å²) >= 11 is 0. The van der Waals surface area contributed by atoms with Crippen molar-refractivity contribution in [3.8, 4) is 11.5 Å². The number of fused-ring (bicyclic) bond motifs is 1. The third kappa shape index (κ3) is 1.42. The average Bonchev–Trinajstić information content (AvgIpc) is 2.24. The van der Waals surface area contributed by atoms with Crippen LogP contribution in [0.1, 0.15) is 11.1 Å². The smallest absolute Gasteiger partial charge is 0.361 e. The molecule has 0 amide bonds. The minimum Gasteiger partial charge on any atom is -0.507 e. The van der Waals surface area contributed by atoms with E-state index >= 15 is 0 Å². The van der Waals surface area contributed by atoms with Crippen molar-refractivity contribution in [3.05, 3.63) is 36.1 Å². The normalized spacial score (nSPS) is 10.5. The molecule has 0 unspecified atom stereocenters. The monoisotopic (exact) mass is 203 g/mol. The maximum atomic E-state index is 9.79. The number of benzene rings is 1. The summed E-state index contributed by atoms with van der Waals surface area (Å²) in [7, 11) is 0. The van der Waals surface area contributed by atoms with E-state index in [2.05, 4.69) is 6.58 Å². The van der Waals surface area contributed by atoms with Gasteiger partial charge >= 0.3 is 11.8 Å². The molecule has 0 spiro atoms. The van der Waals surface area contributed by atoms with Crippen molar-refractivity contribution < 1.29 is 14.6 Å². The summed E-state index contributed by atoms with van der Waals surface area (Å²) in [5.41, 5.74) is 1.90. The summed E-state index contributed by atoms with van der Waals surface area (Å²) in [5, 5.41) is 19.8. The van der Waals surface area contributed by atoms with E-state index < -0.39 is 0 Å². The first-order valence-corrected chi connectivity index (χ1v) is 4.53. The van der Waals surface area contributed by atoms with Crippen molar-refractivity contribution in [1.82, 2.24) is 0 Å². The molecule has 0 aliphatic carbocycles. The summed E-state index contributed by atoms with van der Waals surface area (Å²) < 4.78 is 5.21. The van der Waals surface area contributed by atoms with E-state index in [-0.39, 0.29) is 11.5 Å². The summed E-state index contributed by atoms with van der Waals surface area (Å²) in [6, 6.07) is 3.24. The zero-order valence-corrected chi connectivity index (χ0v) is 8.32. The molecule has 1 aromatic carbocycles. The van der Waals surface area contributed by atoms with Crippen LogP contribution >= 0.6 is 0 Å². The van der Waals surface area contributed by atoms with Gasteiger partial charge in [0.1, 0.15) is 5.75 Å². The predicted molar refractivity (Wildman–Crippen MR) is 58.8 cm³/mol. The minimum absolute atomic E-state index is 0.0383. The Kier molecular flexibility index (Phi) is 2.08. The second-order valence-electron chi connectivity index (χ2n) is 3.36. The molecule has 0 aliphatic heterocycles. The lowest BCUT2D eigenvalue weighted by atomic mass is 10.0. The Labute approximate surface area is 86.9 Å². The van der Waals surface area contributed by atoms with E-state index in [0.29, 0.717) is 22.1 Å². The molecule has 0 saturated heterocycles. The van der Waals surface area contributed by atoms with Gasteiger partial charge in [-0.2, -0.15) is 0 Å². The maximum absolute atomic E-state index is 9.79. The Morgan fingerprint density at radius 2 is 2.07 bits per heavy atom. The van der Waals surface area contributed by atoms with Gasteiger partial charge in [-0.3, -0.25) is 0 Å². The van der Waals surface area contributed by atoms with Crippen LogP contribution in [0.5, 0.6) is 11.5 Å². The molecule has 0 atom stereocenters. The zero-order chi connectivity index (χ0) is 11.0. The molecule has 2 aromatic rings. The van der Waals surface area contributed by atoms with Gasteiger partial charge in [-0.25, -0.2) is 4.42 Å². The molecule has 2 N–H and O–H groups in total. The van der Waals surface area contributed by atoms with E-state index in [1.165, 1.54) is 6.26 Å². The van der Waals surface area contributed by atoms with Crippen LogP contribution in [0.15, 0.2) is 29.4 Å². The highest BCUT2D eigenvalue weighted by atomic mass is 16.3. The molecule has 3 nitrogen and oxygen atoms in total. The largest absolute Gasteiger partial charge is 0.507 e. The number of hydrogen-bond acceptors (Lipinski definition) is 2. The third-order valence-electron chi connectivity index (χ3n) is 2.40. The molecule has 0 aliphatic rings. The van der Waals surface area contributed by atoms with Crippen LogP contribution in [0.2, 0.25) is 0 Å².